The maximum Gasteiger partial charge on any atom is 0.264 e. The first kappa shape index (κ1) is 29.0. The number of nitrogens with zero attached hydrogens (tertiary/aromatic N) is 1. The Morgan fingerprint density at radius 2 is 1.78 bits per heavy atom. The smallest absolute Gasteiger partial charge is 0.264 e. The van der Waals surface area contributed by atoms with Gasteiger partial charge in [-0.15, -0.1) is 0 Å². The standard InChI is InChI=1S/C31H35BrN4O5/c1-19-10-11-21(22(32)18-19)31(14-3-2-4-15-31)30(41)34-17-6-5-16-33-23-9-7-8-20-26(23)29(40)36(28(20)39)24-12-13-25(37)35-27(24)38/h7-11,18,24,33H,2-6,12-17H2,1H3,(H,34,41)(H,35,37,38). The van der Waals surface area contributed by atoms with Gasteiger partial charge < -0.3 is 10.6 Å². The highest BCUT2D eigenvalue weighted by atomic mass is 79.9. The zero-order valence-electron chi connectivity index (χ0n) is 23.2. The van der Waals surface area contributed by atoms with Gasteiger partial charge in [0.1, 0.15) is 6.04 Å². The van der Waals surface area contributed by atoms with Gasteiger partial charge in [-0.3, -0.25) is 34.2 Å². The second kappa shape index (κ2) is 12.1. The topological polar surface area (TPSA) is 125 Å². The Kier molecular flexibility index (Phi) is 8.58. The molecule has 1 aliphatic carbocycles. The van der Waals surface area contributed by atoms with Crippen molar-refractivity contribution in [2.45, 2.75) is 76.2 Å². The van der Waals surface area contributed by atoms with Crippen LogP contribution in [0.25, 0.3) is 0 Å². The maximum atomic E-state index is 13.5. The number of hydrogen-bond acceptors (Lipinski definition) is 6. The monoisotopic (exact) mass is 622 g/mol. The third-order valence-corrected chi connectivity index (χ3v) is 9.11. The summed E-state index contributed by atoms with van der Waals surface area (Å²) in [5, 5.41) is 8.66. The highest BCUT2D eigenvalue weighted by molar-refractivity contribution is 9.10. The van der Waals surface area contributed by atoms with Crippen molar-refractivity contribution in [2.24, 2.45) is 0 Å². The van der Waals surface area contributed by atoms with Crippen LogP contribution in [0.5, 0.6) is 0 Å². The first-order chi connectivity index (χ1) is 19.7. The SMILES string of the molecule is Cc1ccc(C2(C(=O)NCCCCNc3cccc4c3C(=O)N(C3CCC(=O)NC3=O)C4=O)CCCCC2)c(Br)c1. The van der Waals surface area contributed by atoms with Crippen molar-refractivity contribution in [1.29, 1.82) is 0 Å². The second-order valence-electron chi connectivity index (χ2n) is 11.2. The fraction of sp³-hybridized carbons (Fsp3) is 0.452. The predicted octanol–water partition coefficient (Wildman–Crippen LogP) is 4.37. The third kappa shape index (κ3) is 5.66. The lowest BCUT2D eigenvalue weighted by Crippen LogP contribution is -2.54. The van der Waals surface area contributed by atoms with Gasteiger partial charge in [0.2, 0.25) is 17.7 Å². The molecule has 10 heteroatoms. The van der Waals surface area contributed by atoms with E-state index in [9.17, 15) is 24.0 Å². The molecule has 1 unspecified atom stereocenters. The number of piperidine rings is 1. The maximum absolute atomic E-state index is 13.5. The third-order valence-electron chi connectivity index (χ3n) is 8.45. The van der Waals surface area contributed by atoms with Gasteiger partial charge in [-0.05, 0) is 68.4 Å². The number of carbonyl (C=O) groups excluding carboxylic acids is 5. The Labute approximate surface area is 247 Å². The summed E-state index contributed by atoms with van der Waals surface area (Å²) in [6.07, 6.45) is 6.56. The molecule has 41 heavy (non-hydrogen) atoms. The molecule has 2 aromatic carbocycles. The van der Waals surface area contributed by atoms with Crippen molar-refractivity contribution in [3.05, 3.63) is 63.1 Å². The van der Waals surface area contributed by atoms with Gasteiger partial charge in [-0.25, -0.2) is 0 Å². The molecule has 9 nitrogen and oxygen atoms in total. The number of carbonyl (C=O) groups is 5. The van der Waals surface area contributed by atoms with E-state index in [0.29, 0.717) is 18.8 Å². The fourth-order valence-electron chi connectivity index (χ4n) is 6.29. The second-order valence-corrected chi connectivity index (χ2v) is 12.0. The largest absolute Gasteiger partial charge is 0.384 e. The van der Waals surface area contributed by atoms with Gasteiger partial charge in [-0.2, -0.15) is 0 Å². The van der Waals surface area contributed by atoms with E-state index >= 15 is 0 Å². The lowest BCUT2D eigenvalue weighted by Gasteiger charge is -2.37. The molecule has 2 aromatic rings. The highest BCUT2D eigenvalue weighted by Crippen LogP contribution is 2.43. The molecule has 1 saturated carbocycles. The quantitative estimate of drug-likeness (QED) is 0.282. The Morgan fingerprint density at radius 1 is 1.02 bits per heavy atom. The van der Waals surface area contributed by atoms with Gasteiger partial charge >= 0.3 is 0 Å². The lowest BCUT2D eigenvalue weighted by atomic mass is 9.68. The molecule has 1 atom stereocenters. The number of anilines is 1. The normalized spacial score (nSPS) is 20.0. The molecule has 0 bridgehead atoms. The van der Waals surface area contributed by atoms with E-state index in [0.717, 1.165) is 65.4 Å². The van der Waals surface area contributed by atoms with Crippen molar-refractivity contribution >= 4 is 51.2 Å². The highest BCUT2D eigenvalue weighted by Gasteiger charge is 2.46. The average Bonchev–Trinajstić information content (AvgIpc) is 3.21. The van der Waals surface area contributed by atoms with Crippen LogP contribution in [0.1, 0.15) is 89.6 Å². The molecule has 0 aromatic heterocycles. The van der Waals surface area contributed by atoms with Crippen LogP contribution in [0.4, 0.5) is 5.69 Å². The summed E-state index contributed by atoms with van der Waals surface area (Å²) in [4.78, 5) is 64.7. The fourth-order valence-corrected chi connectivity index (χ4v) is 7.16. The molecule has 2 fully saturated rings. The minimum atomic E-state index is -0.996. The van der Waals surface area contributed by atoms with Crippen molar-refractivity contribution in [1.82, 2.24) is 15.5 Å². The van der Waals surface area contributed by atoms with E-state index in [1.165, 1.54) is 0 Å². The van der Waals surface area contributed by atoms with Gasteiger partial charge in [-0.1, -0.05) is 53.4 Å². The van der Waals surface area contributed by atoms with E-state index in [4.69, 9.17) is 0 Å². The number of rotatable bonds is 9. The summed E-state index contributed by atoms with van der Waals surface area (Å²) >= 11 is 3.70. The molecule has 3 N–H and O–H groups in total. The van der Waals surface area contributed by atoms with Crippen molar-refractivity contribution < 1.29 is 24.0 Å². The summed E-state index contributed by atoms with van der Waals surface area (Å²) in [5.41, 5.74) is 2.72. The first-order valence-electron chi connectivity index (χ1n) is 14.4. The summed E-state index contributed by atoms with van der Waals surface area (Å²) < 4.78 is 0.985. The van der Waals surface area contributed by atoms with Crippen molar-refractivity contribution in [2.75, 3.05) is 18.4 Å². The van der Waals surface area contributed by atoms with Crippen LogP contribution in [0.2, 0.25) is 0 Å². The van der Waals surface area contributed by atoms with Crippen LogP contribution in [0.3, 0.4) is 0 Å². The number of unbranched alkanes of at least 4 members (excludes halogenated alkanes) is 1. The van der Waals surface area contributed by atoms with Crippen LogP contribution in [0.15, 0.2) is 40.9 Å². The summed E-state index contributed by atoms with van der Waals surface area (Å²) in [5.74, 6) is -2.01. The van der Waals surface area contributed by atoms with Crippen LogP contribution >= 0.6 is 15.9 Å². The number of benzene rings is 2. The molecular formula is C31H35BrN4O5. The molecule has 3 aliphatic rings. The van der Waals surface area contributed by atoms with Crippen molar-refractivity contribution in [3.63, 3.8) is 0 Å². The molecule has 1 saturated heterocycles. The Balaban J connectivity index is 1.16. The van der Waals surface area contributed by atoms with Crippen LogP contribution < -0.4 is 16.0 Å². The molecule has 5 rings (SSSR count). The Morgan fingerprint density at radius 3 is 2.51 bits per heavy atom. The molecule has 2 heterocycles. The summed E-state index contributed by atoms with van der Waals surface area (Å²) in [6.45, 7) is 3.13. The molecule has 5 amide bonds. The summed E-state index contributed by atoms with van der Waals surface area (Å²) in [7, 11) is 0. The molecular weight excluding hydrogens is 588 g/mol. The number of fused-ring (bicyclic) bond motifs is 1. The van der Waals surface area contributed by atoms with E-state index in [2.05, 4.69) is 50.1 Å². The summed E-state index contributed by atoms with van der Waals surface area (Å²) in [6, 6.07) is 10.3. The Bertz CT molecular complexity index is 1400. The van der Waals surface area contributed by atoms with Gasteiger partial charge in [0, 0.05) is 29.7 Å². The lowest BCUT2D eigenvalue weighted by molar-refractivity contribution is -0.136. The number of nitrogens with one attached hydrogen (secondary N) is 3. The molecule has 2 aliphatic heterocycles. The van der Waals surface area contributed by atoms with E-state index < -0.39 is 35.1 Å². The van der Waals surface area contributed by atoms with E-state index in [1.54, 1.807) is 18.2 Å². The van der Waals surface area contributed by atoms with Crippen LogP contribution in [-0.4, -0.2) is 53.6 Å². The molecule has 0 spiro atoms. The average molecular weight is 624 g/mol. The first-order valence-corrected chi connectivity index (χ1v) is 15.2. The number of aryl methyl sites for hydroxylation is 1. The minimum absolute atomic E-state index is 0.0771. The van der Waals surface area contributed by atoms with Gasteiger partial charge in [0.15, 0.2) is 0 Å². The van der Waals surface area contributed by atoms with Crippen LogP contribution in [-0.2, 0) is 19.8 Å². The molecule has 216 valence electrons. The zero-order valence-corrected chi connectivity index (χ0v) is 24.8. The zero-order chi connectivity index (χ0) is 29.1. The van der Waals surface area contributed by atoms with Gasteiger partial charge in [0.25, 0.3) is 11.8 Å². The number of halogens is 1. The predicted molar refractivity (Wildman–Crippen MR) is 157 cm³/mol. The van der Waals surface area contributed by atoms with E-state index in [1.807, 2.05) is 6.92 Å². The minimum Gasteiger partial charge on any atom is -0.384 e. The van der Waals surface area contributed by atoms with Gasteiger partial charge in [0.05, 0.1) is 16.5 Å². The number of amides is 5. The number of hydrogen-bond donors (Lipinski definition) is 3. The number of imide groups is 2. The Hall–Kier alpha value is -3.53. The van der Waals surface area contributed by atoms with E-state index in [-0.39, 0.29) is 29.9 Å². The molecule has 0 radical (unpaired) electrons. The van der Waals surface area contributed by atoms with Crippen LogP contribution in [0, 0.1) is 6.92 Å². The van der Waals surface area contributed by atoms with Crippen molar-refractivity contribution in [3.8, 4) is 0 Å².